The first-order chi connectivity index (χ1) is 10.7. The summed E-state index contributed by atoms with van der Waals surface area (Å²) in [6, 6.07) is 4.17. The van der Waals surface area contributed by atoms with Gasteiger partial charge in [-0.25, -0.2) is 9.97 Å². The van der Waals surface area contributed by atoms with Crippen molar-refractivity contribution >= 4 is 33.2 Å². The van der Waals surface area contributed by atoms with Crippen molar-refractivity contribution in [3.8, 4) is 17.3 Å². The zero-order valence-electron chi connectivity index (χ0n) is 11.5. The molecule has 3 aromatic heterocycles. The van der Waals surface area contributed by atoms with E-state index in [4.69, 9.17) is 16.9 Å². The number of rotatable bonds is 3. The molecule has 0 radical (unpaired) electrons. The Morgan fingerprint density at radius 1 is 1.45 bits per heavy atom. The largest absolute Gasteiger partial charge is 0.312 e. The van der Waals surface area contributed by atoms with E-state index in [0.29, 0.717) is 6.42 Å². The second-order valence-corrected chi connectivity index (χ2v) is 6.57. The smallest absolute Gasteiger partial charge is 0.223 e. The van der Waals surface area contributed by atoms with Crippen LogP contribution in [0.2, 0.25) is 5.28 Å². The van der Waals surface area contributed by atoms with Gasteiger partial charge in [0, 0.05) is 24.8 Å². The van der Waals surface area contributed by atoms with E-state index in [1.165, 1.54) is 0 Å². The zero-order valence-corrected chi connectivity index (χ0v) is 13.0. The molecule has 0 spiro atoms. The highest BCUT2D eigenvalue weighted by atomic mass is 35.5. The third-order valence-electron chi connectivity index (χ3n) is 3.93. The molecule has 0 amide bonds. The lowest BCUT2D eigenvalue weighted by Gasteiger charge is -2.41. The van der Waals surface area contributed by atoms with Gasteiger partial charge < -0.3 is 5.32 Å². The summed E-state index contributed by atoms with van der Waals surface area (Å²) >= 11 is 7.60. The van der Waals surface area contributed by atoms with Gasteiger partial charge in [0.1, 0.15) is 5.54 Å². The second-order valence-electron chi connectivity index (χ2n) is 5.31. The average Bonchev–Trinajstić information content (AvgIpc) is 3.10. The Balaban J connectivity index is 1.81. The average molecular weight is 331 g/mol. The van der Waals surface area contributed by atoms with Crippen LogP contribution in [0.15, 0.2) is 23.8 Å². The predicted molar refractivity (Wildman–Crippen MR) is 84.7 cm³/mol. The summed E-state index contributed by atoms with van der Waals surface area (Å²) in [5.74, 6) is 0. The highest BCUT2D eigenvalue weighted by molar-refractivity contribution is 7.17. The Labute approximate surface area is 135 Å². The van der Waals surface area contributed by atoms with E-state index in [2.05, 4.69) is 26.5 Å². The van der Waals surface area contributed by atoms with Crippen LogP contribution in [0.3, 0.4) is 0 Å². The first-order valence-corrected chi connectivity index (χ1v) is 8.02. The Hall–Kier alpha value is -2.01. The van der Waals surface area contributed by atoms with Crippen molar-refractivity contribution in [2.24, 2.45) is 0 Å². The summed E-state index contributed by atoms with van der Waals surface area (Å²) in [5.41, 5.74) is 2.26. The maximum Gasteiger partial charge on any atom is 0.223 e. The van der Waals surface area contributed by atoms with Gasteiger partial charge in [0.15, 0.2) is 0 Å². The van der Waals surface area contributed by atoms with Crippen LogP contribution in [0.1, 0.15) is 6.42 Å². The van der Waals surface area contributed by atoms with E-state index in [9.17, 15) is 0 Å². The summed E-state index contributed by atoms with van der Waals surface area (Å²) in [7, 11) is 0. The van der Waals surface area contributed by atoms with Crippen LogP contribution in [0.25, 0.3) is 21.5 Å². The third-order valence-corrected chi connectivity index (χ3v) is 5.01. The maximum atomic E-state index is 9.05. The molecular weight excluding hydrogens is 320 g/mol. The van der Waals surface area contributed by atoms with Gasteiger partial charge in [0.25, 0.3) is 0 Å². The van der Waals surface area contributed by atoms with Gasteiger partial charge in [0.2, 0.25) is 5.28 Å². The first-order valence-electron chi connectivity index (χ1n) is 6.76. The fraction of sp³-hybridized carbons (Fsp3) is 0.286. The molecule has 1 saturated heterocycles. The van der Waals surface area contributed by atoms with Crippen molar-refractivity contribution in [3.05, 3.63) is 29.1 Å². The van der Waals surface area contributed by atoms with Crippen LogP contribution in [0.4, 0.5) is 0 Å². The van der Waals surface area contributed by atoms with Gasteiger partial charge in [-0.2, -0.15) is 10.4 Å². The van der Waals surface area contributed by atoms with Crippen LogP contribution in [-0.4, -0.2) is 32.8 Å². The van der Waals surface area contributed by atoms with Gasteiger partial charge in [-0.3, -0.25) is 4.68 Å². The standard InChI is InChI=1S/C14H11ClN6S/c15-13-19-10-1-4-22-12(10)11(20-13)9-5-18-21(6-9)14(2-3-16)7-17-8-14/h1,4-6,17H,2,7-8H2. The SMILES string of the molecule is N#CCC1(n2cc(-c3nc(Cl)nc4ccsc34)cn2)CNC1. The molecule has 3 aromatic rings. The van der Waals surface area contributed by atoms with E-state index >= 15 is 0 Å². The van der Waals surface area contributed by atoms with Crippen molar-refractivity contribution in [3.63, 3.8) is 0 Å². The van der Waals surface area contributed by atoms with Gasteiger partial charge >= 0.3 is 0 Å². The summed E-state index contributed by atoms with van der Waals surface area (Å²) in [4.78, 5) is 8.58. The Kier molecular flexibility index (Phi) is 3.11. The quantitative estimate of drug-likeness (QED) is 0.746. The lowest BCUT2D eigenvalue weighted by Crippen LogP contribution is -2.60. The highest BCUT2D eigenvalue weighted by Crippen LogP contribution is 2.33. The number of nitrogens with zero attached hydrogens (tertiary/aromatic N) is 5. The monoisotopic (exact) mass is 330 g/mol. The second kappa shape index (κ2) is 5.02. The molecule has 22 heavy (non-hydrogen) atoms. The van der Waals surface area contributed by atoms with Crippen LogP contribution < -0.4 is 5.32 Å². The number of hydrogen-bond donors (Lipinski definition) is 1. The van der Waals surface area contributed by atoms with Gasteiger partial charge in [-0.1, -0.05) is 0 Å². The Morgan fingerprint density at radius 2 is 2.32 bits per heavy atom. The zero-order chi connectivity index (χ0) is 15.2. The molecule has 1 fully saturated rings. The molecule has 0 saturated carbocycles. The minimum absolute atomic E-state index is 0.227. The molecule has 8 heteroatoms. The van der Waals surface area contributed by atoms with Crippen LogP contribution >= 0.6 is 22.9 Å². The summed E-state index contributed by atoms with van der Waals surface area (Å²) < 4.78 is 2.86. The topological polar surface area (TPSA) is 79.4 Å². The van der Waals surface area contributed by atoms with E-state index in [-0.39, 0.29) is 10.8 Å². The summed E-state index contributed by atoms with van der Waals surface area (Å²) in [5, 5.41) is 18.9. The number of thiophene rings is 1. The predicted octanol–water partition coefficient (Wildman–Crippen LogP) is 2.42. The number of nitrogens with one attached hydrogen (secondary N) is 1. The Bertz CT molecular complexity index is 888. The number of aromatic nitrogens is 4. The van der Waals surface area contributed by atoms with Crippen LogP contribution in [0, 0.1) is 11.3 Å². The lowest BCUT2D eigenvalue weighted by atomic mass is 9.89. The van der Waals surface area contributed by atoms with Crippen LogP contribution in [0.5, 0.6) is 0 Å². The Morgan fingerprint density at radius 3 is 3.05 bits per heavy atom. The fourth-order valence-electron chi connectivity index (χ4n) is 2.66. The van der Waals surface area contributed by atoms with E-state index in [0.717, 1.165) is 34.6 Å². The van der Waals surface area contributed by atoms with Gasteiger partial charge in [-0.05, 0) is 23.0 Å². The third kappa shape index (κ3) is 2.00. The number of fused-ring (bicyclic) bond motifs is 1. The van der Waals surface area contributed by atoms with E-state index in [1.807, 2.05) is 22.3 Å². The van der Waals surface area contributed by atoms with Crippen molar-refractivity contribution in [1.29, 1.82) is 5.26 Å². The molecule has 0 bridgehead atoms. The first kappa shape index (κ1) is 13.6. The molecular formula is C14H11ClN6S. The van der Waals surface area contributed by atoms with E-state index in [1.54, 1.807) is 17.5 Å². The fourth-order valence-corrected chi connectivity index (χ4v) is 3.68. The van der Waals surface area contributed by atoms with Gasteiger partial charge in [-0.15, -0.1) is 11.3 Å². The number of nitriles is 1. The number of hydrogen-bond acceptors (Lipinski definition) is 6. The molecule has 0 aromatic carbocycles. The van der Waals surface area contributed by atoms with Crippen molar-refractivity contribution in [1.82, 2.24) is 25.1 Å². The molecule has 1 N–H and O–H groups in total. The lowest BCUT2D eigenvalue weighted by molar-refractivity contribution is 0.160. The maximum absolute atomic E-state index is 9.05. The molecule has 6 nitrogen and oxygen atoms in total. The molecule has 1 aliphatic rings. The van der Waals surface area contributed by atoms with Crippen molar-refractivity contribution in [2.45, 2.75) is 12.0 Å². The highest BCUT2D eigenvalue weighted by Gasteiger charge is 2.39. The summed E-state index contributed by atoms with van der Waals surface area (Å²) in [6.45, 7) is 1.50. The van der Waals surface area contributed by atoms with Crippen molar-refractivity contribution < 1.29 is 0 Å². The molecule has 0 aliphatic carbocycles. The molecule has 0 unspecified atom stereocenters. The minimum atomic E-state index is -0.252. The van der Waals surface area contributed by atoms with Crippen LogP contribution in [-0.2, 0) is 5.54 Å². The molecule has 4 rings (SSSR count). The van der Waals surface area contributed by atoms with Crippen molar-refractivity contribution in [2.75, 3.05) is 13.1 Å². The number of halogens is 1. The molecule has 110 valence electrons. The summed E-state index contributed by atoms with van der Waals surface area (Å²) in [6.07, 6.45) is 4.14. The normalized spacial score (nSPS) is 16.4. The minimum Gasteiger partial charge on any atom is -0.312 e. The molecule has 0 atom stereocenters. The van der Waals surface area contributed by atoms with E-state index < -0.39 is 0 Å². The van der Waals surface area contributed by atoms with Gasteiger partial charge in [0.05, 0.1) is 34.6 Å². The molecule has 4 heterocycles. The molecule has 1 aliphatic heterocycles.